The third-order valence-corrected chi connectivity index (χ3v) is 5.51. The van der Waals surface area contributed by atoms with Crippen molar-refractivity contribution in [3.8, 4) is 11.5 Å². The van der Waals surface area contributed by atoms with Crippen molar-refractivity contribution >= 4 is 34.5 Å². The van der Waals surface area contributed by atoms with Crippen molar-refractivity contribution in [1.82, 2.24) is 9.97 Å². The van der Waals surface area contributed by atoms with Gasteiger partial charge in [-0.2, -0.15) is 0 Å². The number of rotatable bonds is 10. The molecule has 2 N–H and O–H groups in total. The molecule has 0 bridgehead atoms. The number of hydrogen-bond donors (Lipinski definition) is 2. The molecule has 31 heavy (non-hydrogen) atoms. The Morgan fingerprint density at radius 1 is 1.19 bits per heavy atom. The molecule has 1 aromatic heterocycles. The van der Waals surface area contributed by atoms with E-state index in [2.05, 4.69) is 9.97 Å². The van der Waals surface area contributed by atoms with Crippen molar-refractivity contribution in [3.63, 3.8) is 0 Å². The van der Waals surface area contributed by atoms with Crippen LogP contribution in [-0.4, -0.2) is 45.8 Å². The fourth-order valence-corrected chi connectivity index (χ4v) is 3.92. The highest BCUT2D eigenvalue weighted by atomic mass is 32.2. The van der Waals surface area contributed by atoms with Gasteiger partial charge in [-0.05, 0) is 50.6 Å². The normalized spacial score (nSPS) is 10.9. The van der Waals surface area contributed by atoms with Gasteiger partial charge in [0, 0.05) is 11.3 Å². The van der Waals surface area contributed by atoms with Gasteiger partial charge in [-0.1, -0.05) is 25.1 Å². The number of aromatic amines is 1. The molecular weight excluding hydrogens is 416 g/mol. The maximum atomic E-state index is 11.9. The Morgan fingerprint density at radius 2 is 2.00 bits per heavy atom. The molecule has 0 atom stereocenters. The number of phenolic OH excluding ortho intramolecular Hbond substituents is 1. The van der Waals surface area contributed by atoms with Gasteiger partial charge in [0.05, 0.1) is 35.4 Å². The minimum Gasteiger partial charge on any atom is -0.507 e. The maximum absolute atomic E-state index is 11.9. The number of Topliss-reactive ketones (excluding diaryl/α,β-unsaturated/α-hetero) is 1. The average molecular weight is 443 g/mol. The van der Waals surface area contributed by atoms with Crippen molar-refractivity contribution < 1.29 is 24.2 Å². The van der Waals surface area contributed by atoms with Crippen LogP contribution < -0.4 is 4.74 Å². The summed E-state index contributed by atoms with van der Waals surface area (Å²) in [5, 5.41) is 11.2. The number of hydrogen-bond acceptors (Lipinski definition) is 7. The second kappa shape index (κ2) is 10.3. The Labute approximate surface area is 185 Å². The number of imidazole rings is 1. The van der Waals surface area contributed by atoms with E-state index in [1.54, 1.807) is 37.3 Å². The number of carbonyl (C=O) groups is 2. The van der Waals surface area contributed by atoms with Crippen LogP contribution in [0.3, 0.4) is 0 Å². The van der Waals surface area contributed by atoms with Gasteiger partial charge in [0.15, 0.2) is 10.9 Å². The first kappa shape index (κ1) is 22.7. The summed E-state index contributed by atoms with van der Waals surface area (Å²) in [5.41, 5.74) is 3.00. The van der Waals surface area contributed by atoms with E-state index in [1.807, 2.05) is 6.92 Å². The monoisotopic (exact) mass is 442 g/mol. The first-order valence-corrected chi connectivity index (χ1v) is 11.2. The summed E-state index contributed by atoms with van der Waals surface area (Å²) in [7, 11) is 0. The predicted octanol–water partition coefficient (Wildman–Crippen LogP) is 4.77. The molecule has 3 aromatic rings. The molecule has 0 aliphatic carbocycles. The second-order valence-electron chi connectivity index (χ2n) is 6.94. The number of aromatic hydroxyl groups is 1. The number of benzene rings is 2. The number of ether oxygens (including phenoxy) is 2. The van der Waals surface area contributed by atoms with Crippen LogP contribution in [0.25, 0.3) is 11.0 Å². The van der Waals surface area contributed by atoms with Crippen LogP contribution >= 0.6 is 11.8 Å². The van der Waals surface area contributed by atoms with Gasteiger partial charge in [0.25, 0.3) is 0 Å². The van der Waals surface area contributed by atoms with E-state index in [-0.39, 0.29) is 17.5 Å². The SMILES string of the molecule is CCCc1c(OCCSc2nc3ccc(C(=O)OCC)cc3[nH]2)ccc(C(C)=O)c1O. The fraction of sp³-hybridized carbons (Fsp3) is 0.348. The first-order chi connectivity index (χ1) is 14.9. The van der Waals surface area contributed by atoms with E-state index < -0.39 is 0 Å². The molecule has 0 aliphatic rings. The van der Waals surface area contributed by atoms with Crippen LogP contribution in [0.15, 0.2) is 35.5 Å². The summed E-state index contributed by atoms with van der Waals surface area (Å²) in [6.07, 6.45) is 1.45. The van der Waals surface area contributed by atoms with E-state index in [0.717, 1.165) is 22.6 Å². The third-order valence-electron chi connectivity index (χ3n) is 4.67. The number of nitrogens with one attached hydrogen (secondary N) is 1. The van der Waals surface area contributed by atoms with Gasteiger partial charge >= 0.3 is 5.97 Å². The lowest BCUT2D eigenvalue weighted by atomic mass is 10.0. The van der Waals surface area contributed by atoms with Crippen molar-refractivity contribution in [3.05, 3.63) is 47.0 Å². The second-order valence-corrected chi connectivity index (χ2v) is 8.02. The van der Waals surface area contributed by atoms with E-state index in [9.17, 15) is 14.7 Å². The van der Waals surface area contributed by atoms with E-state index in [4.69, 9.17) is 9.47 Å². The lowest BCUT2D eigenvalue weighted by Gasteiger charge is -2.14. The average Bonchev–Trinajstić information content (AvgIpc) is 3.15. The summed E-state index contributed by atoms with van der Waals surface area (Å²) < 4.78 is 10.9. The zero-order chi connectivity index (χ0) is 22.4. The number of thioether (sulfide) groups is 1. The van der Waals surface area contributed by atoms with Gasteiger partial charge in [0.2, 0.25) is 0 Å². The number of fused-ring (bicyclic) bond motifs is 1. The van der Waals surface area contributed by atoms with E-state index in [0.29, 0.717) is 47.8 Å². The molecule has 3 rings (SSSR count). The standard InChI is InChI=1S/C23H26N2O5S/c1-4-6-17-20(10-8-16(14(3)26)21(17)27)30-11-12-31-23-24-18-9-7-15(13-19(18)25-23)22(28)29-5-2/h7-10,13,27H,4-6,11-12H2,1-3H3,(H,24,25). The number of nitrogens with zero attached hydrogens (tertiary/aromatic N) is 1. The zero-order valence-electron chi connectivity index (χ0n) is 17.9. The molecule has 0 fully saturated rings. The molecule has 7 nitrogen and oxygen atoms in total. The Hall–Kier alpha value is -3.00. The Bertz CT molecular complexity index is 1090. The number of carbonyl (C=O) groups excluding carboxylic acids is 2. The maximum Gasteiger partial charge on any atom is 0.338 e. The lowest BCUT2D eigenvalue weighted by Crippen LogP contribution is -2.05. The highest BCUT2D eigenvalue weighted by molar-refractivity contribution is 7.99. The molecule has 0 amide bonds. The van der Waals surface area contributed by atoms with Gasteiger partial charge < -0.3 is 19.6 Å². The Balaban J connectivity index is 1.63. The molecule has 0 unspecified atom stereocenters. The van der Waals surface area contributed by atoms with Crippen LogP contribution in [0, 0.1) is 0 Å². The molecule has 8 heteroatoms. The Kier molecular flexibility index (Phi) is 7.57. The topological polar surface area (TPSA) is 102 Å². The molecule has 164 valence electrons. The molecule has 0 radical (unpaired) electrons. The number of phenols is 1. The molecule has 0 spiro atoms. The molecular formula is C23H26N2O5S. The first-order valence-electron chi connectivity index (χ1n) is 10.2. The predicted molar refractivity (Wildman–Crippen MR) is 120 cm³/mol. The Morgan fingerprint density at radius 3 is 2.71 bits per heavy atom. The molecule has 0 saturated carbocycles. The lowest BCUT2D eigenvalue weighted by molar-refractivity contribution is 0.0526. The van der Waals surface area contributed by atoms with E-state index in [1.165, 1.54) is 18.7 Å². The molecule has 0 aliphatic heterocycles. The van der Waals surface area contributed by atoms with Gasteiger partial charge in [-0.15, -0.1) is 0 Å². The molecule has 0 saturated heterocycles. The summed E-state index contributed by atoms with van der Waals surface area (Å²) in [6.45, 7) is 5.95. The van der Waals surface area contributed by atoms with Crippen molar-refractivity contribution in [2.24, 2.45) is 0 Å². The molecule has 1 heterocycles. The summed E-state index contributed by atoms with van der Waals surface area (Å²) >= 11 is 1.50. The van der Waals surface area contributed by atoms with Crippen LogP contribution in [0.5, 0.6) is 11.5 Å². The number of H-pyrrole nitrogens is 1. The van der Waals surface area contributed by atoms with Crippen molar-refractivity contribution in [1.29, 1.82) is 0 Å². The summed E-state index contributed by atoms with van der Waals surface area (Å²) in [4.78, 5) is 31.3. The van der Waals surface area contributed by atoms with Crippen LogP contribution in [0.1, 0.15) is 53.5 Å². The number of ketones is 1. The third kappa shape index (κ3) is 5.38. The summed E-state index contributed by atoms with van der Waals surface area (Å²) in [6, 6.07) is 8.56. The van der Waals surface area contributed by atoms with E-state index >= 15 is 0 Å². The zero-order valence-corrected chi connectivity index (χ0v) is 18.7. The quantitative estimate of drug-likeness (QED) is 0.202. The highest BCUT2D eigenvalue weighted by Gasteiger charge is 2.16. The van der Waals surface area contributed by atoms with Crippen LogP contribution in [-0.2, 0) is 11.2 Å². The van der Waals surface area contributed by atoms with Crippen LogP contribution in [0.4, 0.5) is 0 Å². The van der Waals surface area contributed by atoms with Gasteiger partial charge in [-0.25, -0.2) is 9.78 Å². The van der Waals surface area contributed by atoms with Gasteiger partial charge in [0.1, 0.15) is 11.5 Å². The van der Waals surface area contributed by atoms with Crippen LogP contribution in [0.2, 0.25) is 0 Å². The largest absolute Gasteiger partial charge is 0.507 e. The van der Waals surface area contributed by atoms with Crippen molar-refractivity contribution in [2.45, 2.75) is 38.8 Å². The molecule has 2 aromatic carbocycles. The summed E-state index contributed by atoms with van der Waals surface area (Å²) in [5.74, 6) is 0.699. The van der Waals surface area contributed by atoms with Crippen molar-refractivity contribution in [2.75, 3.05) is 19.0 Å². The highest BCUT2D eigenvalue weighted by Crippen LogP contribution is 2.33. The smallest absolute Gasteiger partial charge is 0.338 e. The minimum atomic E-state index is -0.358. The fourth-order valence-electron chi connectivity index (χ4n) is 3.21. The van der Waals surface area contributed by atoms with Gasteiger partial charge in [-0.3, -0.25) is 4.79 Å². The minimum absolute atomic E-state index is 0.00851. The number of aromatic nitrogens is 2. The number of esters is 1.